The van der Waals surface area contributed by atoms with Crippen molar-refractivity contribution >= 4 is 17.8 Å². The third-order valence-corrected chi connectivity index (χ3v) is 5.12. The van der Waals surface area contributed by atoms with E-state index in [0.717, 1.165) is 16.7 Å². The maximum absolute atomic E-state index is 12.9. The quantitative estimate of drug-likeness (QED) is 0.358. The van der Waals surface area contributed by atoms with Crippen molar-refractivity contribution in [1.82, 2.24) is 0 Å². The second-order valence-corrected chi connectivity index (χ2v) is 8.87. The van der Waals surface area contributed by atoms with Crippen LogP contribution in [-0.4, -0.2) is 24.0 Å². The Bertz CT molecular complexity index is 1220. The molecule has 0 spiro atoms. The van der Waals surface area contributed by atoms with Crippen molar-refractivity contribution in [2.45, 2.75) is 33.3 Å². The molecule has 0 aromatic heterocycles. The minimum Gasteiger partial charge on any atom is -0.481 e. The second-order valence-electron chi connectivity index (χ2n) is 8.87. The summed E-state index contributed by atoms with van der Waals surface area (Å²) in [5.41, 5.74) is 3.65. The van der Waals surface area contributed by atoms with Gasteiger partial charge in [0.1, 0.15) is 17.1 Å². The minimum absolute atomic E-state index is 0.182. The third kappa shape index (κ3) is 5.14. The Labute approximate surface area is 193 Å². The van der Waals surface area contributed by atoms with Gasteiger partial charge >= 0.3 is 5.97 Å². The number of rotatable bonds is 5. The largest absolute Gasteiger partial charge is 0.481 e. The molecule has 5 heteroatoms. The van der Waals surface area contributed by atoms with E-state index in [9.17, 15) is 9.59 Å². The fourth-order valence-corrected chi connectivity index (χ4v) is 3.59. The molecule has 0 aliphatic carbocycles. The van der Waals surface area contributed by atoms with Gasteiger partial charge in [-0.1, -0.05) is 54.6 Å². The molecule has 3 aromatic rings. The van der Waals surface area contributed by atoms with Crippen molar-refractivity contribution in [2.24, 2.45) is 0 Å². The van der Waals surface area contributed by atoms with E-state index in [-0.39, 0.29) is 18.1 Å². The molecule has 168 valence electrons. The summed E-state index contributed by atoms with van der Waals surface area (Å²) in [6, 6.07) is 21.4. The van der Waals surface area contributed by atoms with Crippen LogP contribution >= 0.6 is 0 Å². The molecule has 0 radical (unpaired) electrons. The maximum Gasteiger partial charge on any atom is 0.344 e. The second kappa shape index (κ2) is 8.94. The number of Topliss-reactive ketones (excluding diaryl/α,β-unsaturated/α-hetero) is 1. The molecule has 0 unspecified atom stereocenters. The highest BCUT2D eigenvalue weighted by Crippen LogP contribution is 2.39. The Morgan fingerprint density at radius 2 is 1.61 bits per heavy atom. The van der Waals surface area contributed by atoms with Crippen LogP contribution in [0.3, 0.4) is 0 Å². The molecule has 0 fully saturated rings. The Balaban J connectivity index is 1.49. The molecule has 0 saturated heterocycles. The zero-order valence-corrected chi connectivity index (χ0v) is 19.2. The van der Waals surface area contributed by atoms with E-state index in [4.69, 9.17) is 14.2 Å². The van der Waals surface area contributed by atoms with E-state index in [1.54, 1.807) is 45.9 Å². The predicted octanol–water partition coefficient (Wildman–Crippen LogP) is 6.00. The number of allylic oxidation sites excluding steroid dienone is 1. The fraction of sp³-hybridized carbons (Fsp3) is 0.214. The fourth-order valence-electron chi connectivity index (χ4n) is 3.59. The Morgan fingerprint density at radius 3 is 2.27 bits per heavy atom. The van der Waals surface area contributed by atoms with E-state index in [1.807, 2.05) is 42.5 Å². The summed E-state index contributed by atoms with van der Waals surface area (Å²) in [5, 5.41) is 0. The number of carbonyl (C=O) groups excluding carboxylic acids is 2. The van der Waals surface area contributed by atoms with Crippen LogP contribution in [0.1, 0.15) is 42.3 Å². The van der Waals surface area contributed by atoms with Crippen LogP contribution in [0.4, 0.5) is 0 Å². The molecule has 4 rings (SSSR count). The van der Waals surface area contributed by atoms with Crippen molar-refractivity contribution in [3.05, 3.63) is 89.2 Å². The van der Waals surface area contributed by atoms with Crippen LogP contribution in [-0.2, 0) is 9.53 Å². The average molecular weight is 443 g/mol. The van der Waals surface area contributed by atoms with E-state index in [1.165, 1.54) is 0 Å². The molecule has 0 saturated carbocycles. The van der Waals surface area contributed by atoms with Crippen LogP contribution in [0.2, 0.25) is 0 Å². The molecule has 1 heterocycles. The minimum atomic E-state index is -0.581. The van der Waals surface area contributed by atoms with Crippen LogP contribution < -0.4 is 9.47 Å². The van der Waals surface area contributed by atoms with Crippen molar-refractivity contribution < 1.29 is 23.8 Å². The van der Waals surface area contributed by atoms with E-state index in [2.05, 4.69) is 12.1 Å². The number of benzene rings is 3. The molecule has 3 aromatic carbocycles. The molecule has 5 nitrogen and oxygen atoms in total. The highest BCUT2D eigenvalue weighted by molar-refractivity contribution is 6.15. The molecule has 33 heavy (non-hydrogen) atoms. The summed E-state index contributed by atoms with van der Waals surface area (Å²) < 4.78 is 16.8. The van der Waals surface area contributed by atoms with Gasteiger partial charge in [0.05, 0.1) is 5.56 Å². The first-order valence-electron chi connectivity index (χ1n) is 10.8. The van der Waals surface area contributed by atoms with Crippen LogP contribution in [0.5, 0.6) is 11.5 Å². The summed E-state index contributed by atoms with van der Waals surface area (Å²) in [4.78, 5) is 24.8. The van der Waals surface area contributed by atoms with Gasteiger partial charge in [-0.3, -0.25) is 4.79 Å². The van der Waals surface area contributed by atoms with Gasteiger partial charge in [-0.25, -0.2) is 4.79 Å². The molecule has 1 aliphatic rings. The lowest BCUT2D eigenvalue weighted by Crippen LogP contribution is -2.27. The number of ketones is 1. The van der Waals surface area contributed by atoms with Crippen molar-refractivity contribution in [3.8, 4) is 22.6 Å². The first-order chi connectivity index (χ1) is 15.7. The standard InChI is InChI=1S/C28H26O5/c1-18-23(31-17-25(29)33-28(2,3)4)15-14-22-26(30)24(32-27(18)22)16-19-10-12-21(13-11-19)20-8-6-5-7-9-20/h5-16H,17H2,1-4H3/b24-16-. The van der Waals surface area contributed by atoms with Gasteiger partial charge in [-0.05, 0) is 62.6 Å². The Hall–Kier alpha value is -3.86. The van der Waals surface area contributed by atoms with E-state index < -0.39 is 11.6 Å². The monoisotopic (exact) mass is 442 g/mol. The number of hydrogen-bond acceptors (Lipinski definition) is 5. The van der Waals surface area contributed by atoms with Crippen molar-refractivity contribution in [1.29, 1.82) is 0 Å². The molecule has 0 N–H and O–H groups in total. The number of esters is 1. The third-order valence-electron chi connectivity index (χ3n) is 5.12. The smallest absolute Gasteiger partial charge is 0.344 e. The summed E-state index contributed by atoms with van der Waals surface area (Å²) in [5.74, 6) is 0.539. The highest BCUT2D eigenvalue weighted by Gasteiger charge is 2.30. The molecule has 1 aliphatic heterocycles. The first-order valence-corrected chi connectivity index (χ1v) is 10.8. The van der Waals surface area contributed by atoms with Gasteiger partial charge in [0, 0.05) is 5.56 Å². The number of carbonyl (C=O) groups is 2. The molecular weight excluding hydrogens is 416 g/mol. The van der Waals surface area contributed by atoms with Crippen molar-refractivity contribution in [3.63, 3.8) is 0 Å². The molecular formula is C28H26O5. The van der Waals surface area contributed by atoms with Gasteiger partial charge in [0.25, 0.3) is 0 Å². The maximum atomic E-state index is 12.9. The molecule has 0 amide bonds. The molecule has 0 atom stereocenters. The van der Waals surface area contributed by atoms with Crippen LogP contribution in [0.15, 0.2) is 72.5 Å². The van der Waals surface area contributed by atoms with Gasteiger partial charge in [-0.15, -0.1) is 0 Å². The van der Waals surface area contributed by atoms with E-state index in [0.29, 0.717) is 22.6 Å². The lowest BCUT2D eigenvalue weighted by Gasteiger charge is -2.19. The summed E-state index contributed by atoms with van der Waals surface area (Å²) in [7, 11) is 0. The normalized spacial score (nSPS) is 14.1. The highest BCUT2D eigenvalue weighted by atomic mass is 16.6. The van der Waals surface area contributed by atoms with Gasteiger partial charge in [0.15, 0.2) is 12.4 Å². The SMILES string of the molecule is Cc1c(OCC(=O)OC(C)(C)C)ccc2c1O/C(=C\c1ccc(-c3ccccc3)cc1)C2=O. The first kappa shape index (κ1) is 22.3. The number of fused-ring (bicyclic) bond motifs is 1. The predicted molar refractivity (Wildman–Crippen MR) is 127 cm³/mol. The Morgan fingerprint density at radius 1 is 0.939 bits per heavy atom. The number of hydrogen-bond donors (Lipinski definition) is 0. The number of ether oxygens (including phenoxy) is 3. The van der Waals surface area contributed by atoms with Crippen molar-refractivity contribution in [2.75, 3.05) is 6.61 Å². The summed E-state index contributed by atoms with van der Waals surface area (Å²) >= 11 is 0. The summed E-state index contributed by atoms with van der Waals surface area (Å²) in [6.07, 6.45) is 1.73. The average Bonchev–Trinajstić information content (AvgIpc) is 3.09. The Kier molecular flexibility index (Phi) is 6.05. The summed E-state index contributed by atoms with van der Waals surface area (Å²) in [6.45, 7) is 6.98. The van der Waals surface area contributed by atoms with E-state index >= 15 is 0 Å². The van der Waals surface area contributed by atoms with Gasteiger partial charge in [0.2, 0.25) is 5.78 Å². The van der Waals surface area contributed by atoms with Gasteiger partial charge < -0.3 is 14.2 Å². The lowest BCUT2D eigenvalue weighted by atomic mass is 10.0. The van der Waals surface area contributed by atoms with Crippen LogP contribution in [0, 0.1) is 6.92 Å². The van der Waals surface area contributed by atoms with Gasteiger partial charge in [-0.2, -0.15) is 0 Å². The lowest BCUT2D eigenvalue weighted by molar-refractivity contribution is -0.157. The van der Waals surface area contributed by atoms with Crippen LogP contribution in [0.25, 0.3) is 17.2 Å². The zero-order valence-electron chi connectivity index (χ0n) is 19.2. The molecule has 0 bridgehead atoms. The topological polar surface area (TPSA) is 61.8 Å². The zero-order chi connectivity index (χ0) is 23.6.